The predicted molar refractivity (Wildman–Crippen MR) is 90.1 cm³/mol. The molecule has 2 aliphatic rings. The molecule has 1 saturated heterocycles. The fourth-order valence-corrected chi connectivity index (χ4v) is 3.87. The summed E-state index contributed by atoms with van der Waals surface area (Å²) >= 11 is 5.98. The second kappa shape index (κ2) is 7.12. The van der Waals surface area contributed by atoms with Gasteiger partial charge in [0.1, 0.15) is 12.4 Å². The Kier molecular flexibility index (Phi) is 5.08. The van der Waals surface area contributed by atoms with Gasteiger partial charge in [0.25, 0.3) is 0 Å². The van der Waals surface area contributed by atoms with E-state index in [-0.39, 0.29) is 47.3 Å². The second-order valence-electron chi connectivity index (χ2n) is 6.71. The minimum absolute atomic E-state index is 0.0204. The van der Waals surface area contributed by atoms with E-state index in [1.54, 1.807) is 6.07 Å². The van der Waals surface area contributed by atoms with Gasteiger partial charge in [-0.2, -0.15) is 0 Å². The van der Waals surface area contributed by atoms with Crippen molar-refractivity contribution in [3.8, 4) is 0 Å². The van der Waals surface area contributed by atoms with Gasteiger partial charge in [0.05, 0.1) is 11.8 Å². The summed E-state index contributed by atoms with van der Waals surface area (Å²) in [7, 11) is 1.50. The van der Waals surface area contributed by atoms with Crippen molar-refractivity contribution in [1.82, 2.24) is 9.80 Å². The van der Waals surface area contributed by atoms with E-state index < -0.39 is 11.7 Å². The Labute approximate surface area is 150 Å². The molecule has 1 saturated carbocycles. The Morgan fingerprint density at radius 1 is 1.24 bits per heavy atom. The molecule has 0 aromatic heterocycles. The number of halogens is 2. The number of likely N-dealkylation sites (N-methyl/N-ethyl adjacent to an activating group) is 1. The molecule has 1 aliphatic heterocycles. The van der Waals surface area contributed by atoms with Crippen LogP contribution in [0.3, 0.4) is 0 Å². The summed E-state index contributed by atoms with van der Waals surface area (Å²) in [5, 5.41) is 0.235. The lowest BCUT2D eigenvalue weighted by atomic mass is 9.81. The predicted octanol–water partition coefficient (Wildman–Crippen LogP) is 2.61. The zero-order chi connectivity index (χ0) is 18.1. The number of hydrogen-bond donors (Lipinski definition) is 0. The van der Waals surface area contributed by atoms with Crippen LogP contribution in [0.15, 0.2) is 18.2 Å². The second-order valence-corrected chi connectivity index (χ2v) is 7.12. The molecule has 25 heavy (non-hydrogen) atoms. The fourth-order valence-electron chi connectivity index (χ4n) is 3.65. The van der Waals surface area contributed by atoms with Gasteiger partial charge in [-0.05, 0) is 25.0 Å². The van der Waals surface area contributed by atoms with Crippen LogP contribution in [-0.2, 0) is 20.9 Å². The monoisotopic (exact) mass is 366 g/mol. The number of likely N-dealkylation sites (tertiary alicyclic amines) is 1. The van der Waals surface area contributed by atoms with E-state index in [9.17, 15) is 18.8 Å². The lowest BCUT2D eigenvalue weighted by Gasteiger charge is -2.21. The summed E-state index contributed by atoms with van der Waals surface area (Å²) in [5.41, 5.74) is 0.216. The van der Waals surface area contributed by atoms with Crippen LogP contribution in [-0.4, -0.2) is 41.1 Å². The zero-order valence-electron chi connectivity index (χ0n) is 14.0. The highest BCUT2D eigenvalue weighted by molar-refractivity contribution is 6.31. The van der Waals surface area contributed by atoms with Crippen molar-refractivity contribution in [3.05, 3.63) is 34.6 Å². The number of nitrogens with zero attached hydrogens (tertiary/aromatic N) is 2. The van der Waals surface area contributed by atoms with Crippen molar-refractivity contribution in [2.75, 3.05) is 13.6 Å². The van der Waals surface area contributed by atoms with Crippen molar-refractivity contribution < 1.29 is 18.8 Å². The first-order chi connectivity index (χ1) is 11.9. The third-order valence-electron chi connectivity index (χ3n) is 5.11. The summed E-state index contributed by atoms with van der Waals surface area (Å²) < 4.78 is 13.9. The molecule has 7 heteroatoms. The van der Waals surface area contributed by atoms with E-state index in [0.717, 1.165) is 17.7 Å². The number of benzene rings is 1. The van der Waals surface area contributed by atoms with Gasteiger partial charge in [-0.25, -0.2) is 4.39 Å². The van der Waals surface area contributed by atoms with Crippen LogP contribution in [0.4, 0.5) is 4.39 Å². The Balaban J connectivity index is 1.67. The molecule has 1 aliphatic carbocycles. The number of carbonyl (C=O) groups is 3. The minimum Gasteiger partial charge on any atom is -0.340 e. The first-order valence-electron chi connectivity index (χ1n) is 8.42. The van der Waals surface area contributed by atoms with Crippen molar-refractivity contribution >= 4 is 29.3 Å². The average molecular weight is 367 g/mol. The normalized spacial score (nSPS) is 22.9. The zero-order valence-corrected chi connectivity index (χ0v) is 14.8. The van der Waals surface area contributed by atoms with Gasteiger partial charge in [-0.1, -0.05) is 30.5 Å². The molecule has 0 radical (unpaired) electrons. The molecule has 3 amide bonds. The number of fused-ring (bicyclic) bond motifs is 1. The molecule has 1 heterocycles. The maximum absolute atomic E-state index is 13.9. The number of amides is 3. The third-order valence-corrected chi connectivity index (χ3v) is 5.46. The highest BCUT2D eigenvalue weighted by Gasteiger charge is 2.48. The molecule has 0 bridgehead atoms. The first kappa shape index (κ1) is 17.9. The van der Waals surface area contributed by atoms with Gasteiger partial charge >= 0.3 is 0 Å². The largest absolute Gasteiger partial charge is 0.340 e. The molecule has 2 fully saturated rings. The van der Waals surface area contributed by atoms with Gasteiger partial charge in [-0.15, -0.1) is 0 Å². The van der Waals surface area contributed by atoms with Crippen LogP contribution >= 0.6 is 11.6 Å². The molecule has 0 spiro atoms. The summed E-state index contributed by atoms with van der Waals surface area (Å²) in [6.45, 7) is -0.319. The summed E-state index contributed by atoms with van der Waals surface area (Å²) in [6, 6.07) is 4.32. The first-order valence-corrected chi connectivity index (χ1v) is 8.80. The van der Waals surface area contributed by atoms with Crippen LogP contribution in [0, 0.1) is 17.7 Å². The smallest absolute Gasteiger partial charge is 0.242 e. The van der Waals surface area contributed by atoms with Gasteiger partial charge in [0.2, 0.25) is 17.7 Å². The Morgan fingerprint density at radius 2 is 1.84 bits per heavy atom. The quantitative estimate of drug-likeness (QED) is 0.770. The van der Waals surface area contributed by atoms with Crippen molar-refractivity contribution in [1.29, 1.82) is 0 Å². The van der Waals surface area contributed by atoms with Gasteiger partial charge < -0.3 is 4.90 Å². The molecular weight excluding hydrogens is 347 g/mol. The van der Waals surface area contributed by atoms with E-state index in [4.69, 9.17) is 11.6 Å². The van der Waals surface area contributed by atoms with Gasteiger partial charge in [-0.3, -0.25) is 19.3 Å². The SMILES string of the molecule is CN(Cc1c(F)cccc1Cl)C(=O)CN1C(=O)[C@@H]2CCCC[C@H]2C1=O. The lowest BCUT2D eigenvalue weighted by Crippen LogP contribution is -2.41. The summed E-state index contributed by atoms with van der Waals surface area (Å²) in [6.07, 6.45) is 3.29. The van der Waals surface area contributed by atoms with Crippen LogP contribution in [0.1, 0.15) is 31.2 Å². The molecule has 0 unspecified atom stereocenters. The van der Waals surface area contributed by atoms with Gasteiger partial charge in [0, 0.05) is 24.2 Å². The maximum Gasteiger partial charge on any atom is 0.242 e. The van der Waals surface area contributed by atoms with Gasteiger partial charge in [0.15, 0.2) is 0 Å². The third kappa shape index (κ3) is 3.40. The topological polar surface area (TPSA) is 57.7 Å². The summed E-state index contributed by atoms with van der Waals surface area (Å²) in [4.78, 5) is 39.6. The number of hydrogen-bond acceptors (Lipinski definition) is 3. The molecular formula is C18H20ClFN2O3. The fraction of sp³-hybridized carbons (Fsp3) is 0.500. The van der Waals surface area contributed by atoms with Crippen LogP contribution in [0.25, 0.3) is 0 Å². The van der Waals surface area contributed by atoms with Crippen molar-refractivity contribution in [3.63, 3.8) is 0 Å². The number of rotatable bonds is 4. The molecule has 1 aromatic rings. The minimum atomic E-state index is -0.494. The van der Waals surface area contributed by atoms with E-state index in [2.05, 4.69) is 0 Å². The van der Waals surface area contributed by atoms with Crippen LogP contribution < -0.4 is 0 Å². The number of carbonyl (C=O) groups excluding carboxylic acids is 3. The molecule has 1 aromatic carbocycles. The Morgan fingerprint density at radius 3 is 2.40 bits per heavy atom. The Bertz CT molecular complexity index is 680. The molecule has 0 N–H and O–H groups in total. The molecule has 2 atom stereocenters. The van der Waals surface area contributed by atoms with Crippen molar-refractivity contribution in [2.45, 2.75) is 32.2 Å². The lowest BCUT2D eigenvalue weighted by molar-refractivity contribution is -0.146. The molecule has 3 rings (SSSR count). The van der Waals surface area contributed by atoms with E-state index in [1.807, 2.05) is 0 Å². The van der Waals surface area contributed by atoms with Crippen molar-refractivity contribution in [2.24, 2.45) is 11.8 Å². The highest BCUT2D eigenvalue weighted by Crippen LogP contribution is 2.37. The maximum atomic E-state index is 13.9. The Hall–Kier alpha value is -1.95. The number of imide groups is 1. The van der Waals surface area contributed by atoms with E-state index in [0.29, 0.717) is 12.8 Å². The van der Waals surface area contributed by atoms with Crippen LogP contribution in [0.2, 0.25) is 5.02 Å². The standard InChI is InChI=1S/C18H20ClFN2O3/c1-21(9-13-14(19)7-4-8-15(13)20)16(23)10-22-17(24)11-5-2-3-6-12(11)18(22)25/h4,7-8,11-12H,2-3,5-6,9-10H2,1H3/t11-,12-/m1/s1. The molecule has 5 nitrogen and oxygen atoms in total. The summed E-state index contributed by atoms with van der Waals surface area (Å²) in [5.74, 6) is -1.97. The van der Waals surface area contributed by atoms with E-state index in [1.165, 1.54) is 24.1 Å². The van der Waals surface area contributed by atoms with E-state index >= 15 is 0 Å². The van der Waals surface area contributed by atoms with Crippen LogP contribution in [0.5, 0.6) is 0 Å². The molecule has 134 valence electrons. The average Bonchev–Trinajstić information content (AvgIpc) is 2.83. The highest BCUT2D eigenvalue weighted by atomic mass is 35.5.